The van der Waals surface area contributed by atoms with Gasteiger partial charge in [-0.25, -0.2) is 4.79 Å². The summed E-state index contributed by atoms with van der Waals surface area (Å²) in [6, 6.07) is 0.147. The molecule has 122 valence electrons. The van der Waals surface area contributed by atoms with Gasteiger partial charge in [0.25, 0.3) is 0 Å². The summed E-state index contributed by atoms with van der Waals surface area (Å²) in [5.74, 6) is 2.30. The largest absolute Gasteiger partial charge is 0.322 e. The standard InChI is InChI=1S/C13H26N4OS3/c1-2-3-16-11-12(17(6-9-21)13(16)18)15(5-8-20)10-14(11)4-7-19/h11-12,19-21H,2-10H2,1H3. The highest BCUT2D eigenvalue weighted by Crippen LogP contribution is 2.33. The molecule has 0 saturated carbocycles. The number of urea groups is 1. The van der Waals surface area contributed by atoms with E-state index in [-0.39, 0.29) is 18.4 Å². The molecule has 2 saturated heterocycles. The second-order valence-corrected chi connectivity index (χ2v) is 6.78. The first kappa shape index (κ1) is 17.6. The molecule has 2 unspecified atom stereocenters. The zero-order chi connectivity index (χ0) is 15.4. The predicted molar refractivity (Wildman–Crippen MR) is 96.5 cm³/mol. The van der Waals surface area contributed by atoms with Gasteiger partial charge >= 0.3 is 6.03 Å². The average Bonchev–Trinajstić information content (AvgIpc) is 2.92. The second kappa shape index (κ2) is 8.19. The molecule has 0 aromatic heterocycles. The van der Waals surface area contributed by atoms with Gasteiger partial charge in [-0.15, -0.1) is 0 Å². The molecule has 5 nitrogen and oxygen atoms in total. The van der Waals surface area contributed by atoms with Gasteiger partial charge in [-0.2, -0.15) is 37.9 Å². The first-order chi connectivity index (χ1) is 10.2. The number of fused-ring (bicyclic) bond motifs is 1. The van der Waals surface area contributed by atoms with E-state index >= 15 is 0 Å². The van der Waals surface area contributed by atoms with Crippen LogP contribution in [-0.4, -0.2) is 88.1 Å². The van der Waals surface area contributed by atoms with E-state index in [1.54, 1.807) is 0 Å². The van der Waals surface area contributed by atoms with Crippen LogP contribution < -0.4 is 0 Å². The van der Waals surface area contributed by atoms with Crippen molar-refractivity contribution >= 4 is 43.9 Å². The Morgan fingerprint density at radius 3 is 1.81 bits per heavy atom. The lowest BCUT2D eigenvalue weighted by Gasteiger charge is -2.29. The van der Waals surface area contributed by atoms with Gasteiger partial charge in [0.15, 0.2) is 0 Å². The average molecular weight is 351 g/mol. The molecule has 2 aliphatic rings. The third-order valence-corrected chi connectivity index (χ3v) is 4.69. The van der Waals surface area contributed by atoms with Gasteiger partial charge in [0.2, 0.25) is 0 Å². The molecule has 21 heavy (non-hydrogen) atoms. The Labute approximate surface area is 144 Å². The Kier molecular flexibility index (Phi) is 6.86. The third-order valence-electron chi connectivity index (χ3n) is 4.09. The van der Waals surface area contributed by atoms with E-state index in [0.29, 0.717) is 12.3 Å². The maximum atomic E-state index is 12.7. The van der Waals surface area contributed by atoms with Crippen molar-refractivity contribution in [3.8, 4) is 0 Å². The van der Waals surface area contributed by atoms with Gasteiger partial charge < -0.3 is 9.80 Å². The molecule has 0 aliphatic carbocycles. The maximum Gasteiger partial charge on any atom is 0.322 e. The quantitative estimate of drug-likeness (QED) is 0.574. The summed E-state index contributed by atoms with van der Waals surface area (Å²) in [6.45, 7) is 6.29. The molecule has 0 aromatic rings. The second-order valence-electron chi connectivity index (χ2n) is 5.43. The molecule has 2 amide bonds. The van der Waals surface area contributed by atoms with E-state index in [0.717, 1.165) is 44.2 Å². The topological polar surface area (TPSA) is 30.0 Å². The summed E-state index contributed by atoms with van der Waals surface area (Å²) < 4.78 is 0. The Bertz CT molecular complexity index is 330. The van der Waals surface area contributed by atoms with E-state index in [2.05, 4.69) is 54.6 Å². The Balaban J connectivity index is 2.26. The summed E-state index contributed by atoms with van der Waals surface area (Å²) >= 11 is 13.1. The number of thiol groups is 3. The van der Waals surface area contributed by atoms with Crippen LogP contribution in [0.2, 0.25) is 0 Å². The lowest BCUT2D eigenvalue weighted by Crippen LogP contribution is -2.47. The van der Waals surface area contributed by atoms with Gasteiger partial charge in [-0.3, -0.25) is 9.80 Å². The van der Waals surface area contributed by atoms with Crippen molar-refractivity contribution in [2.45, 2.75) is 25.7 Å². The minimum absolute atomic E-state index is 0.128. The molecular formula is C13H26N4OS3. The van der Waals surface area contributed by atoms with Crippen molar-refractivity contribution in [3.63, 3.8) is 0 Å². The van der Waals surface area contributed by atoms with E-state index in [9.17, 15) is 4.79 Å². The predicted octanol–water partition coefficient (Wildman–Crippen LogP) is 1.15. The molecule has 2 fully saturated rings. The minimum Gasteiger partial charge on any atom is -0.305 e. The van der Waals surface area contributed by atoms with Crippen LogP contribution in [0.25, 0.3) is 0 Å². The number of nitrogens with zero attached hydrogens (tertiary/aromatic N) is 4. The first-order valence-corrected chi connectivity index (χ1v) is 9.47. The fraction of sp³-hybridized carbons (Fsp3) is 0.923. The number of carbonyl (C=O) groups excluding carboxylic acids is 1. The molecule has 0 aromatic carbocycles. The molecule has 0 N–H and O–H groups in total. The summed E-state index contributed by atoms with van der Waals surface area (Å²) in [4.78, 5) is 21.5. The Morgan fingerprint density at radius 2 is 1.38 bits per heavy atom. The molecule has 8 heteroatoms. The number of hydrogen-bond donors (Lipinski definition) is 3. The Morgan fingerprint density at radius 1 is 0.905 bits per heavy atom. The third kappa shape index (κ3) is 3.44. The summed E-state index contributed by atoms with van der Waals surface area (Å²) in [6.07, 6.45) is 1.25. The van der Waals surface area contributed by atoms with Crippen molar-refractivity contribution < 1.29 is 4.79 Å². The smallest absolute Gasteiger partial charge is 0.305 e. The fourth-order valence-electron chi connectivity index (χ4n) is 3.35. The van der Waals surface area contributed by atoms with Crippen molar-refractivity contribution in [1.82, 2.24) is 19.6 Å². The molecule has 0 spiro atoms. The number of amides is 2. The van der Waals surface area contributed by atoms with Crippen molar-refractivity contribution in [3.05, 3.63) is 0 Å². The van der Waals surface area contributed by atoms with Crippen molar-refractivity contribution in [1.29, 1.82) is 0 Å². The zero-order valence-corrected chi connectivity index (χ0v) is 15.2. The fourth-order valence-corrected chi connectivity index (χ4v) is 4.08. The van der Waals surface area contributed by atoms with Crippen LogP contribution in [0, 0.1) is 0 Å². The summed E-state index contributed by atoms with van der Waals surface area (Å²) in [7, 11) is 0. The monoisotopic (exact) mass is 350 g/mol. The van der Waals surface area contributed by atoms with Crippen LogP contribution in [0.15, 0.2) is 0 Å². The molecular weight excluding hydrogens is 324 g/mol. The van der Waals surface area contributed by atoms with Crippen LogP contribution in [0.4, 0.5) is 4.79 Å². The molecule has 2 aliphatic heterocycles. The number of hydrogen-bond acceptors (Lipinski definition) is 6. The van der Waals surface area contributed by atoms with E-state index in [1.807, 2.05) is 9.80 Å². The van der Waals surface area contributed by atoms with Crippen LogP contribution in [0.3, 0.4) is 0 Å². The molecule has 0 radical (unpaired) electrons. The zero-order valence-electron chi connectivity index (χ0n) is 12.6. The summed E-state index contributed by atoms with van der Waals surface area (Å²) in [5, 5.41) is 0. The van der Waals surface area contributed by atoms with Crippen LogP contribution in [0.1, 0.15) is 13.3 Å². The summed E-state index contributed by atoms with van der Waals surface area (Å²) in [5.41, 5.74) is 0. The highest BCUT2D eigenvalue weighted by atomic mass is 32.1. The number of rotatable bonds is 8. The van der Waals surface area contributed by atoms with E-state index < -0.39 is 0 Å². The van der Waals surface area contributed by atoms with E-state index in [1.165, 1.54) is 0 Å². The van der Waals surface area contributed by atoms with Gasteiger partial charge in [0, 0.05) is 43.4 Å². The van der Waals surface area contributed by atoms with E-state index in [4.69, 9.17) is 0 Å². The van der Waals surface area contributed by atoms with Gasteiger partial charge in [-0.1, -0.05) is 6.92 Å². The maximum absolute atomic E-state index is 12.7. The molecule has 0 bridgehead atoms. The molecule has 2 heterocycles. The SMILES string of the molecule is CCCN1C(=O)N(CCS)C2C1N(CCS)CN2CCS. The molecule has 2 atom stereocenters. The van der Waals surface area contributed by atoms with Crippen molar-refractivity contribution in [2.24, 2.45) is 0 Å². The minimum atomic E-state index is 0.128. The van der Waals surface area contributed by atoms with Gasteiger partial charge in [0.1, 0.15) is 12.3 Å². The molecule has 2 rings (SSSR count). The van der Waals surface area contributed by atoms with Crippen molar-refractivity contribution in [2.75, 3.05) is 50.1 Å². The first-order valence-electron chi connectivity index (χ1n) is 7.57. The van der Waals surface area contributed by atoms with Crippen LogP contribution in [-0.2, 0) is 0 Å². The number of carbonyl (C=O) groups is 1. The normalized spacial score (nSPS) is 27.0. The Hall–Kier alpha value is 0.240. The van der Waals surface area contributed by atoms with Gasteiger partial charge in [-0.05, 0) is 6.42 Å². The van der Waals surface area contributed by atoms with Crippen LogP contribution >= 0.6 is 37.9 Å². The lowest BCUT2D eigenvalue weighted by atomic mass is 10.3. The van der Waals surface area contributed by atoms with Crippen LogP contribution in [0.5, 0.6) is 0 Å². The highest BCUT2D eigenvalue weighted by molar-refractivity contribution is 7.80. The lowest BCUT2D eigenvalue weighted by molar-refractivity contribution is 0.120. The highest BCUT2D eigenvalue weighted by Gasteiger charge is 2.54. The van der Waals surface area contributed by atoms with Gasteiger partial charge in [0.05, 0.1) is 6.67 Å².